The number of aromatic nitrogens is 5. The molecule has 0 fully saturated rings. The van der Waals surface area contributed by atoms with E-state index in [4.69, 9.17) is 0 Å². The van der Waals surface area contributed by atoms with Gasteiger partial charge < -0.3 is 9.55 Å². The van der Waals surface area contributed by atoms with E-state index < -0.39 is 5.54 Å². The third-order valence-electron chi connectivity index (χ3n) is 6.65. The molecule has 1 N–H and O–H groups in total. The molecule has 8 heteroatoms. The first kappa shape index (κ1) is 31.1. The highest BCUT2D eigenvalue weighted by atomic mass is 127. The number of benzene rings is 3. The molecule has 0 amide bonds. The molecule has 0 radical (unpaired) electrons. The van der Waals surface area contributed by atoms with Gasteiger partial charge in [0.15, 0.2) is 0 Å². The van der Waals surface area contributed by atoms with Crippen LogP contribution in [0.2, 0.25) is 0 Å². The fourth-order valence-electron chi connectivity index (χ4n) is 4.83. The number of imidazole rings is 2. The van der Waals surface area contributed by atoms with Gasteiger partial charge in [-0.15, -0.1) is 24.8 Å². The molecule has 3 aromatic heterocycles. The third-order valence-corrected chi connectivity index (χ3v) is 7.71. The molecular formula is C32H30Cl2IN5. The molecule has 204 valence electrons. The number of aromatic amines is 1. The maximum absolute atomic E-state index is 4.61. The summed E-state index contributed by atoms with van der Waals surface area (Å²) in [6.07, 6.45) is 7.22. The predicted molar refractivity (Wildman–Crippen MR) is 175 cm³/mol. The molecule has 0 aliphatic carbocycles. The molecule has 0 saturated carbocycles. The van der Waals surface area contributed by atoms with E-state index in [9.17, 15) is 0 Å². The van der Waals surface area contributed by atoms with E-state index in [1.807, 2.05) is 31.6 Å². The summed E-state index contributed by atoms with van der Waals surface area (Å²) in [5.74, 6) is 0. The normalized spacial score (nSPS) is 10.5. The second-order valence-electron chi connectivity index (χ2n) is 8.92. The molecule has 0 aliphatic rings. The van der Waals surface area contributed by atoms with Crippen molar-refractivity contribution in [1.29, 1.82) is 0 Å². The summed E-state index contributed by atoms with van der Waals surface area (Å²) < 4.78 is 3.32. The number of hydrogen-bond donors (Lipinski definition) is 1. The van der Waals surface area contributed by atoms with Crippen molar-refractivity contribution in [3.63, 3.8) is 0 Å². The van der Waals surface area contributed by atoms with Crippen molar-refractivity contribution in [2.45, 2.75) is 19.4 Å². The zero-order valence-corrected chi connectivity index (χ0v) is 25.9. The van der Waals surface area contributed by atoms with Crippen LogP contribution in [0, 0.1) is 17.5 Å². The van der Waals surface area contributed by atoms with Crippen LogP contribution in [0.1, 0.15) is 28.1 Å². The highest BCUT2D eigenvalue weighted by Gasteiger charge is 2.39. The predicted octanol–water partition coefficient (Wildman–Crippen LogP) is 8.26. The van der Waals surface area contributed by atoms with Crippen LogP contribution in [0.5, 0.6) is 0 Å². The minimum atomic E-state index is -0.468. The molecule has 0 saturated heterocycles. The number of rotatable bonds is 5. The molecule has 0 spiro atoms. The van der Waals surface area contributed by atoms with Gasteiger partial charge in [0.05, 0.1) is 18.3 Å². The van der Waals surface area contributed by atoms with Gasteiger partial charge in [0.2, 0.25) is 0 Å². The van der Waals surface area contributed by atoms with Crippen molar-refractivity contribution in [3.05, 3.63) is 160 Å². The minimum absolute atomic E-state index is 0. The quantitative estimate of drug-likeness (QED) is 0.147. The van der Waals surface area contributed by atoms with Crippen LogP contribution in [0.15, 0.2) is 128 Å². The van der Waals surface area contributed by atoms with Crippen LogP contribution in [0.25, 0.3) is 11.3 Å². The van der Waals surface area contributed by atoms with Crippen LogP contribution in [0.3, 0.4) is 0 Å². The van der Waals surface area contributed by atoms with Crippen LogP contribution in [-0.4, -0.2) is 24.5 Å². The first-order chi connectivity index (χ1) is 18.6. The Kier molecular flexibility index (Phi) is 11.1. The zero-order valence-electron chi connectivity index (χ0n) is 22.1. The molecule has 6 rings (SSSR count). The monoisotopic (exact) mass is 681 g/mol. The Morgan fingerprint density at radius 2 is 1.23 bits per heavy atom. The average molecular weight is 682 g/mol. The summed E-state index contributed by atoms with van der Waals surface area (Å²) in [7, 11) is 0. The van der Waals surface area contributed by atoms with Gasteiger partial charge >= 0.3 is 0 Å². The number of pyridine rings is 1. The lowest BCUT2D eigenvalue weighted by molar-refractivity contribution is 0.503. The molecule has 3 heterocycles. The third kappa shape index (κ3) is 6.14. The van der Waals surface area contributed by atoms with E-state index in [0.717, 1.165) is 26.3 Å². The summed E-state index contributed by atoms with van der Waals surface area (Å²) in [5.41, 5.74) is 7.44. The number of nitrogens with one attached hydrogen (secondary N) is 1. The van der Waals surface area contributed by atoms with Crippen molar-refractivity contribution >= 4 is 47.4 Å². The highest BCUT2D eigenvalue weighted by Crippen LogP contribution is 2.41. The summed E-state index contributed by atoms with van der Waals surface area (Å²) in [6.45, 7) is 4.13. The second kappa shape index (κ2) is 14.3. The maximum Gasteiger partial charge on any atom is 0.122 e. The van der Waals surface area contributed by atoms with Gasteiger partial charge in [-0.1, -0.05) is 91.0 Å². The molecule has 40 heavy (non-hydrogen) atoms. The largest absolute Gasteiger partial charge is 0.348 e. The molecule has 3 aromatic carbocycles. The fraction of sp³-hybridized carbons (Fsp3) is 0.0938. The molecule has 0 bridgehead atoms. The number of aryl methyl sites for hydroxylation is 1. The van der Waals surface area contributed by atoms with Crippen LogP contribution in [0.4, 0.5) is 0 Å². The molecule has 5 nitrogen and oxygen atoms in total. The molecule has 0 aliphatic heterocycles. The van der Waals surface area contributed by atoms with Crippen molar-refractivity contribution in [1.82, 2.24) is 24.5 Å². The summed E-state index contributed by atoms with van der Waals surface area (Å²) in [5, 5.41) is 0. The Morgan fingerprint density at radius 1 is 0.700 bits per heavy atom. The number of hydrogen-bond acceptors (Lipinski definition) is 3. The number of nitrogens with zero attached hydrogens (tertiary/aromatic N) is 4. The lowest BCUT2D eigenvalue weighted by atomic mass is 9.76. The number of H-pyrrole nitrogens is 1. The first-order valence-corrected chi connectivity index (χ1v) is 13.5. The van der Waals surface area contributed by atoms with E-state index >= 15 is 0 Å². The Labute approximate surface area is 261 Å². The molecule has 0 unspecified atom stereocenters. The van der Waals surface area contributed by atoms with Crippen molar-refractivity contribution in [2.75, 3.05) is 0 Å². The maximum atomic E-state index is 4.61. The van der Waals surface area contributed by atoms with Crippen LogP contribution >= 0.6 is 47.4 Å². The van der Waals surface area contributed by atoms with Gasteiger partial charge in [-0.3, -0.25) is 4.98 Å². The summed E-state index contributed by atoms with van der Waals surface area (Å²) in [4.78, 5) is 15.9. The van der Waals surface area contributed by atoms with Gasteiger partial charge in [-0.05, 0) is 65.3 Å². The second-order valence-corrected chi connectivity index (χ2v) is 9.94. The van der Waals surface area contributed by atoms with Crippen molar-refractivity contribution in [3.8, 4) is 11.3 Å². The lowest BCUT2D eigenvalue weighted by Gasteiger charge is -2.38. The Hall–Kier alpha value is -3.46. The number of halogens is 3. The van der Waals surface area contributed by atoms with E-state index in [0.29, 0.717) is 0 Å². The molecule has 6 aromatic rings. The van der Waals surface area contributed by atoms with Crippen molar-refractivity contribution < 1.29 is 0 Å². The minimum Gasteiger partial charge on any atom is -0.348 e. The van der Waals surface area contributed by atoms with E-state index in [-0.39, 0.29) is 24.8 Å². The molecular weight excluding hydrogens is 652 g/mol. The van der Waals surface area contributed by atoms with Gasteiger partial charge in [-0.25, -0.2) is 9.97 Å². The molecule has 0 atom stereocenters. The lowest BCUT2D eigenvalue weighted by Crippen LogP contribution is -2.38. The Morgan fingerprint density at radius 3 is 1.60 bits per heavy atom. The Balaban J connectivity index is 0.000000266. The van der Waals surface area contributed by atoms with E-state index in [1.54, 1.807) is 12.5 Å². The topological polar surface area (TPSA) is 59.4 Å². The van der Waals surface area contributed by atoms with Gasteiger partial charge in [0.1, 0.15) is 9.24 Å². The first-order valence-electron chi connectivity index (χ1n) is 12.4. The SMILES string of the molecule is Cc1[nH]cnc1-c1cccnc1.Cc1c(I)ncn1C(c1ccccc1)(c1ccccc1)c1ccccc1.Cl.Cl. The standard InChI is InChI=1S/C23H19IN2.C9H9N3.2ClH/c1-18-22(24)25-17-26(18)23(19-11-5-2-6-12-19,20-13-7-3-8-14-20)21-15-9-4-10-16-21;1-7-9(12-6-11-7)8-3-2-4-10-5-8;;/h2-17H,1H3;2-6H,1H3,(H,11,12);2*1H. The van der Waals surface area contributed by atoms with Gasteiger partial charge in [0.25, 0.3) is 0 Å². The smallest absolute Gasteiger partial charge is 0.122 e. The highest BCUT2D eigenvalue weighted by molar-refractivity contribution is 14.1. The van der Waals surface area contributed by atoms with Crippen LogP contribution in [-0.2, 0) is 5.54 Å². The Bertz CT molecular complexity index is 1490. The fourth-order valence-corrected chi connectivity index (χ4v) is 5.22. The van der Waals surface area contributed by atoms with Gasteiger partial charge in [-0.2, -0.15) is 0 Å². The zero-order chi connectivity index (χ0) is 26.4. The van der Waals surface area contributed by atoms with Crippen LogP contribution < -0.4 is 0 Å². The van der Waals surface area contributed by atoms with Crippen molar-refractivity contribution in [2.24, 2.45) is 0 Å². The summed E-state index contributed by atoms with van der Waals surface area (Å²) >= 11 is 2.31. The van der Waals surface area contributed by atoms with E-state index in [1.165, 1.54) is 16.7 Å². The summed E-state index contributed by atoms with van der Waals surface area (Å²) in [6, 6.07) is 35.9. The average Bonchev–Trinajstić information content (AvgIpc) is 3.57. The van der Waals surface area contributed by atoms with E-state index in [2.05, 4.69) is 145 Å². The van der Waals surface area contributed by atoms with Gasteiger partial charge in [0, 0.05) is 29.3 Å².